The predicted molar refractivity (Wildman–Crippen MR) is 102 cm³/mol. The number of rotatable bonds is 5. The van der Waals surface area contributed by atoms with E-state index >= 15 is 0 Å². The van der Waals surface area contributed by atoms with Crippen molar-refractivity contribution in [3.63, 3.8) is 0 Å². The van der Waals surface area contributed by atoms with Crippen molar-refractivity contribution in [3.05, 3.63) is 74.7 Å². The molecule has 0 spiro atoms. The topological polar surface area (TPSA) is 51.2 Å². The van der Waals surface area contributed by atoms with Crippen LogP contribution in [0.15, 0.2) is 48.5 Å². The quantitative estimate of drug-likeness (QED) is 0.665. The van der Waals surface area contributed by atoms with Crippen molar-refractivity contribution in [3.8, 4) is 5.75 Å². The molecule has 6 heteroatoms. The molecule has 1 heterocycles. The van der Waals surface area contributed by atoms with Crippen LogP contribution in [-0.2, 0) is 6.61 Å². The Labute approximate surface area is 155 Å². The van der Waals surface area contributed by atoms with Gasteiger partial charge in [0, 0.05) is 10.7 Å². The number of ether oxygens (including phenoxy) is 1. The van der Waals surface area contributed by atoms with Gasteiger partial charge in [-0.2, -0.15) is 0 Å². The van der Waals surface area contributed by atoms with Crippen molar-refractivity contribution in [1.29, 1.82) is 0 Å². The SMILES string of the molecule is Cc1ccccc1NC(=O)c1sc(COc2ccc(Cl)cc2)nc1C. The highest BCUT2D eigenvalue weighted by molar-refractivity contribution is 7.13. The van der Waals surface area contributed by atoms with E-state index in [0.717, 1.165) is 16.3 Å². The van der Waals surface area contributed by atoms with Crippen molar-refractivity contribution < 1.29 is 9.53 Å². The lowest BCUT2D eigenvalue weighted by Gasteiger charge is -2.06. The lowest BCUT2D eigenvalue weighted by atomic mass is 10.2. The van der Waals surface area contributed by atoms with E-state index in [1.54, 1.807) is 24.3 Å². The first-order valence-electron chi connectivity index (χ1n) is 7.74. The molecule has 0 radical (unpaired) electrons. The molecule has 128 valence electrons. The Balaban J connectivity index is 1.68. The van der Waals surface area contributed by atoms with Gasteiger partial charge >= 0.3 is 0 Å². The second-order valence-corrected chi connectivity index (χ2v) is 7.05. The third-order valence-electron chi connectivity index (χ3n) is 3.62. The highest BCUT2D eigenvalue weighted by atomic mass is 35.5. The number of nitrogens with zero attached hydrogens (tertiary/aromatic N) is 1. The van der Waals surface area contributed by atoms with Crippen LogP contribution < -0.4 is 10.1 Å². The van der Waals surface area contributed by atoms with E-state index in [2.05, 4.69) is 10.3 Å². The molecule has 0 bridgehead atoms. The summed E-state index contributed by atoms with van der Waals surface area (Å²) in [5.41, 5.74) is 2.52. The minimum Gasteiger partial charge on any atom is -0.486 e. The average molecular weight is 373 g/mol. The molecule has 25 heavy (non-hydrogen) atoms. The Morgan fingerprint density at radius 3 is 2.60 bits per heavy atom. The molecule has 0 aliphatic carbocycles. The summed E-state index contributed by atoms with van der Waals surface area (Å²) in [6.45, 7) is 4.10. The van der Waals surface area contributed by atoms with Crippen molar-refractivity contribution in [2.45, 2.75) is 20.5 Å². The first kappa shape index (κ1) is 17.5. The van der Waals surface area contributed by atoms with Gasteiger partial charge in [0.15, 0.2) is 0 Å². The zero-order valence-corrected chi connectivity index (χ0v) is 15.4. The van der Waals surface area contributed by atoms with Crippen molar-refractivity contribution in [2.75, 3.05) is 5.32 Å². The molecule has 3 aromatic rings. The predicted octanol–water partition coefficient (Wildman–Crippen LogP) is 5.24. The van der Waals surface area contributed by atoms with Gasteiger partial charge in [-0.05, 0) is 49.7 Å². The van der Waals surface area contributed by atoms with E-state index < -0.39 is 0 Å². The van der Waals surface area contributed by atoms with Crippen LogP contribution in [0.4, 0.5) is 5.69 Å². The van der Waals surface area contributed by atoms with E-state index in [1.165, 1.54) is 11.3 Å². The van der Waals surface area contributed by atoms with Gasteiger partial charge in [0.25, 0.3) is 5.91 Å². The van der Waals surface area contributed by atoms with Crippen LogP contribution in [0.2, 0.25) is 5.02 Å². The first-order chi connectivity index (χ1) is 12.0. The van der Waals surface area contributed by atoms with Crippen LogP contribution in [0.25, 0.3) is 0 Å². The highest BCUT2D eigenvalue weighted by Gasteiger charge is 2.16. The molecule has 0 aliphatic heterocycles. The molecule has 0 saturated heterocycles. The second kappa shape index (κ2) is 7.68. The summed E-state index contributed by atoms with van der Waals surface area (Å²) in [5, 5.41) is 4.35. The molecule has 0 unspecified atom stereocenters. The van der Waals surface area contributed by atoms with Crippen LogP contribution in [0.1, 0.15) is 25.9 Å². The molecule has 0 saturated carbocycles. The summed E-state index contributed by atoms with van der Waals surface area (Å²) < 4.78 is 5.69. The van der Waals surface area contributed by atoms with E-state index in [1.807, 2.05) is 38.1 Å². The van der Waals surface area contributed by atoms with Crippen LogP contribution in [-0.4, -0.2) is 10.9 Å². The number of amides is 1. The molecule has 4 nitrogen and oxygen atoms in total. The number of benzene rings is 2. The minimum absolute atomic E-state index is 0.151. The number of para-hydroxylation sites is 1. The maximum absolute atomic E-state index is 12.5. The van der Waals surface area contributed by atoms with Gasteiger partial charge in [0.2, 0.25) is 0 Å². The molecular formula is C19H17ClN2O2S. The molecule has 1 aromatic heterocycles. The summed E-state index contributed by atoms with van der Waals surface area (Å²) in [5.74, 6) is 0.560. The van der Waals surface area contributed by atoms with Gasteiger partial charge in [-0.1, -0.05) is 29.8 Å². The summed E-state index contributed by atoms with van der Waals surface area (Å²) in [4.78, 5) is 17.5. The number of thiazole rings is 1. The largest absolute Gasteiger partial charge is 0.486 e. The Morgan fingerprint density at radius 2 is 1.88 bits per heavy atom. The lowest BCUT2D eigenvalue weighted by Crippen LogP contribution is -2.12. The molecule has 0 atom stereocenters. The summed E-state index contributed by atoms with van der Waals surface area (Å²) in [6.07, 6.45) is 0. The van der Waals surface area contributed by atoms with Crippen molar-refractivity contribution >= 4 is 34.5 Å². The van der Waals surface area contributed by atoms with Crippen LogP contribution in [0, 0.1) is 13.8 Å². The molecule has 0 fully saturated rings. The Hall–Kier alpha value is -2.37. The van der Waals surface area contributed by atoms with Crippen LogP contribution in [0.3, 0.4) is 0 Å². The fourth-order valence-corrected chi connectivity index (χ4v) is 3.29. The molecule has 2 aromatic carbocycles. The van der Waals surface area contributed by atoms with Gasteiger partial charge in [0.05, 0.1) is 5.69 Å². The molecule has 1 N–H and O–H groups in total. The van der Waals surface area contributed by atoms with Gasteiger partial charge in [-0.25, -0.2) is 4.98 Å². The zero-order chi connectivity index (χ0) is 17.8. The monoisotopic (exact) mass is 372 g/mol. The second-order valence-electron chi connectivity index (χ2n) is 5.53. The lowest BCUT2D eigenvalue weighted by molar-refractivity contribution is 0.102. The number of nitrogens with one attached hydrogen (secondary N) is 1. The molecular weight excluding hydrogens is 356 g/mol. The standard InChI is InChI=1S/C19H17ClN2O2S/c1-12-5-3-4-6-16(12)22-19(23)18-13(2)21-17(25-18)11-24-15-9-7-14(20)8-10-15/h3-10H,11H2,1-2H3,(H,22,23). The number of hydrogen-bond acceptors (Lipinski definition) is 4. The number of carbonyl (C=O) groups is 1. The number of aromatic nitrogens is 1. The van der Waals surface area contributed by atoms with E-state index in [-0.39, 0.29) is 5.91 Å². The Bertz CT molecular complexity index is 891. The van der Waals surface area contributed by atoms with E-state index in [4.69, 9.17) is 16.3 Å². The number of hydrogen-bond donors (Lipinski definition) is 1. The summed E-state index contributed by atoms with van der Waals surface area (Å²) >= 11 is 7.20. The van der Waals surface area contributed by atoms with Gasteiger partial charge in [0.1, 0.15) is 22.2 Å². The van der Waals surface area contributed by atoms with E-state index in [9.17, 15) is 4.79 Å². The van der Waals surface area contributed by atoms with E-state index in [0.29, 0.717) is 28.0 Å². The number of carbonyl (C=O) groups excluding carboxylic acids is 1. The maximum Gasteiger partial charge on any atom is 0.267 e. The zero-order valence-electron chi connectivity index (χ0n) is 13.9. The van der Waals surface area contributed by atoms with Gasteiger partial charge in [-0.15, -0.1) is 11.3 Å². The number of halogens is 1. The number of aryl methyl sites for hydroxylation is 2. The van der Waals surface area contributed by atoms with Crippen molar-refractivity contribution in [1.82, 2.24) is 4.98 Å². The third-order valence-corrected chi connectivity index (χ3v) is 5.00. The Morgan fingerprint density at radius 1 is 1.16 bits per heavy atom. The fraction of sp³-hybridized carbons (Fsp3) is 0.158. The van der Waals surface area contributed by atoms with Crippen LogP contribution >= 0.6 is 22.9 Å². The molecule has 0 aliphatic rings. The van der Waals surface area contributed by atoms with Crippen molar-refractivity contribution in [2.24, 2.45) is 0 Å². The summed E-state index contributed by atoms with van der Waals surface area (Å²) in [6, 6.07) is 14.8. The average Bonchev–Trinajstić information content (AvgIpc) is 2.97. The minimum atomic E-state index is -0.151. The first-order valence-corrected chi connectivity index (χ1v) is 8.94. The third kappa shape index (κ3) is 4.38. The number of anilines is 1. The smallest absolute Gasteiger partial charge is 0.267 e. The normalized spacial score (nSPS) is 10.5. The Kier molecular flexibility index (Phi) is 5.36. The maximum atomic E-state index is 12.5. The highest BCUT2D eigenvalue weighted by Crippen LogP contribution is 2.23. The molecule has 1 amide bonds. The van der Waals surface area contributed by atoms with Crippen LogP contribution in [0.5, 0.6) is 5.75 Å². The fourth-order valence-electron chi connectivity index (χ4n) is 2.29. The van der Waals surface area contributed by atoms with Gasteiger partial charge in [-0.3, -0.25) is 4.79 Å². The van der Waals surface area contributed by atoms with Gasteiger partial charge < -0.3 is 10.1 Å². The molecule has 3 rings (SSSR count). The summed E-state index contributed by atoms with van der Waals surface area (Å²) in [7, 11) is 0.